The van der Waals surface area contributed by atoms with Crippen molar-refractivity contribution in [3.63, 3.8) is 0 Å². The van der Waals surface area contributed by atoms with E-state index in [2.05, 4.69) is 0 Å². The summed E-state index contributed by atoms with van der Waals surface area (Å²) in [5.74, 6) is -0.158. The first-order valence-electron chi connectivity index (χ1n) is 8.03. The molecule has 1 aliphatic rings. The summed E-state index contributed by atoms with van der Waals surface area (Å²) in [6.07, 6.45) is 7.05. The van der Waals surface area contributed by atoms with E-state index in [0.29, 0.717) is 33.0 Å². The van der Waals surface area contributed by atoms with Crippen LogP contribution in [0.4, 0.5) is 0 Å². The van der Waals surface area contributed by atoms with Gasteiger partial charge in [-0.15, -0.1) is 0 Å². The van der Waals surface area contributed by atoms with Gasteiger partial charge in [-0.25, -0.2) is 0 Å². The lowest BCUT2D eigenvalue weighted by Crippen LogP contribution is -2.41. The van der Waals surface area contributed by atoms with Gasteiger partial charge in [0.2, 0.25) is 0 Å². The molecule has 1 rings (SSSR count). The second-order valence-corrected chi connectivity index (χ2v) is 7.58. The van der Waals surface area contributed by atoms with E-state index < -0.39 is 14.9 Å². The molecular weight excluding hydrogens is 336 g/mol. The molecule has 0 saturated heterocycles. The molecular formula is C16H28O7S. The van der Waals surface area contributed by atoms with Gasteiger partial charge in [-0.05, 0) is 12.8 Å². The number of aliphatic hydroxyl groups is 1. The molecule has 1 N–H and O–H groups in total. The second kappa shape index (κ2) is 11.0. The van der Waals surface area contributed by atoms with E-state index in [4.69, 9.17) is 23.5 Å². The van der Waals surface area contributed by atoms with E-state index in [1.165, 1.54) is 0 Å². The fourth-order valence-electron chi connectivity index (χ4n) is 2.07. The Bertz CT molecular complexity index is 501. The molecule has 0 radical (unpaired) electrons. The third-order valence-corrected chi connectivity index (χ3v) is 5.89. The summed E-state index contributed by atoms with van der Waals surface area (Å²) in [5, 5.41) is 8.51. The Balaban J connectivity index is 2.12. The molecule has 8 heteroatoms. The van der Waals surface area contributed by atoms with Crippen molar-refractivity contribution in [3.8, 4) is 0 Å². The average molecular weight is 364 g/mol. The van der Waals surface area contributed by atoms with Crippen molar-refractivity contribution in [1.82, 2.24) is 0 Å². The fraction of sp³-hybridized carbons (Fsp3) is 0.750. The van der Waals surface area contributed by atoms with Crippen LogP contribution in [-0.4, -0.2) is 71.1 Å². The van der Waals surface area contributed by atoms with Gasteiger partial charge in [0.25, 0.3) is 10.1 Å². The van der Waals surface area contributed by atoms with Crippen LogP contribution in [0.3, 0.4) is 0 Å². The van der Waals surface area contributed by atoms with Crippen molar-refractivity contribution in [2.75, 3.05) is 52.9 Å². The van der Waals surface area contributed by atoms with E-state index in [1.807, 2.05) is 19.1 Å². The molecule has 0 spiro atoms. The highest BCUT2D eigenvalue weighted by molar-refractivity contribution is 7.88. The molecule has 2 unspecified atom stereocenters. The zero-order valence-electron chi connectivity index (χ0n) is 14.3. The molecule has 0 aromatic heterocycles. The van der Waals surface area contributed by atoms with E-state index in [9.17, 15) is 8.42 Å². The zero-order valence-corrected chi connectivity index (χ0v) is 15.2. The molecule has 0 aromatic carbocycles. The van der Waals surface area contributed by atoms with E-state index in [0.717, 1.165) is 0 Å². The van der Waals surface area contributed by atoms with Crippen molar-refractivity contribution < 1.29 is 31.9 Å². The molecule has 0 fully saturated rings. The number of hydrogen-bond acceptors (Lipinski definition) is 7. The van der Waals surface area contributed by atoms with Crippen molar-refractivity contribution >= 4 is 10.1 Å². The standard InChI is InChI=1S/C16H28O7S/c1-15-5-3-4-6-16(15,2)24(18,19)23-14-13-22-12-11-21-10-9-20-8-7-17/h3-6,15,17H,7-14H2,1-2H3. The summed E-state index contributed by atoms with van der Waals surface area (Å²) in [5.41, 5.74) is 0. The first-order valence-corrected chi connectivity index (χ1v) is 9.44. The van der Waals surface area contributed by atoms with Crippen LogP contribution in [0.5, 0.6) is 0 Å². The molecule has 0 heterocycles. The largest absolute Gasteiger partial charge is 0.394 e. The van der Waals surface area contributed by atoms with Crippen molar-refractivity contribution in [2.45, 2.75) is 18.6 Å². The summed E-state index contributed by atoms with van der Waals surface area (Å²) in [6.45, 7) is 5.52. The molecule has 0 aromatic rings. The maximum atomic E-state index is 12.4. The lowest BCUT2D eigenvalue weighted by atomic mass is 9.91. The van der Waals surface area contributed by atoms with Crippen LogP contribution in [0.25, 0.3) is 0 Å². The highest BCUT2D eigenvalue weighted by atomic mass is 32.2. The molecule has 0 aliphatic heterocycles. The first-order chi connectivity index (χ1) is 11.4. The van der Waals surface area contributed by atoms with Gasteiger partial charge < -0.3 is 19.3 Å². The highest BCUT2D eigenvalue weighted by Gasteiger charge is 2.42. The molecule has 0 saturated carbocycles. The summed E-state index contributed by atoms with van der Waals surface area (Å²) in [6, 6.07) is 0. The van der Waals surface area contributed by atoms with Gasteiger partial charge in [-0.1, -0.05) is 31.2 Å². The Morgan fingerprint density at radius 3 is 2.04 bits per heavy atom. The molecule has 1 aliphatic carbocycles. The van der Waals surface area contributed by atoms with Gasteiger partial charge in [0.05, 0.1) is 52.9 Å². The second-order valence-electron chi connectivity index (χ2n) is 5.55. The zero-order chi connectivity index (χ0) is 17.9. The normalized spacial score (nSPS) is 23.7. The van der Waals surface area contributed by atoms with Crippen LogP contribution >= 0.6 is 0 Å². The first kappa shape index (κ1) is 21.3. The predicted molar refractivity (Wildman–Crippen MR) is 90.3 cm³/mol. The SMILES string of the molecule is CC1C=CC=CC1(C)S(=O)(=O)OCCOCCOCCOCCO. The Labute approximate surface area is 144 Å². The van der Waals surface area contributed by atoms with E-state index >= 15 is 0 Å². The maximum absolute atomic E-state index is 12.4. The van der Waals surface area contributed by atoms with Gasteiger partial charge in [0.15, 0.2) is 0 Å². The van der Waals surface area contributed by atoms with Crippen LogP contribution in [0, 0.1) is 5.92 Å². The number of hydrogen-bond donors (Lipinski definition) is 1. The predicted octanol–water partition coefficient (Wildman–Crippen LogP) is 0.896. The van der Waals surface area contributed by atoms with Crippen LogP contribution in [-0.2, 0) is 28.5 Å². The van der Waals surface area contributed by atoms with Crippen molar-refractivity contribution in [1.29, 1.82) is 0 Å². The lowest BCUT2D eigenvalue weighted by Gasteiger charge is -2.31. The third kappa shape index (κ3) is 6.62. The molecule has 24 heavy (non-hydrogen) atoms. The fourth-order valence-corrected chi connectivity index (χ4v) is 3.39. The van der Waals surface area contributed by atoms with Crippen LogP contribution in [0.15, 0.2) is 24.3 Å². The van der Waals surface area contributed by atoms with Gasteiger partial charge in [-0.3, -0.25) is 4.18 Å². The summed E-state index contributed by atoms with van der Waals surface area (Å²) in [7, 11) is -3.73. The quantitative estimate of drug-likeness (QED) is 0.383. The minimum absolute atomic E-state index is 0.00405. The summed E-state index contributed by atoms with van der Waals surface area (Å²) < 4.78 is 44.3. The Hall–Kier alpha value is -0.770. The van der Waals surface area contributed by atoms with Crippen LogP contribution in [0.2, 0.25) is 0 Å². The number of rotatable bonds is 13. The summed E-state index contributed by atoms with van der Waals surface area (Å²) in [4.78, 5) is 0. The van der Waals surface area contributed by atoms with Crippen LogP contribution in [0.1, 0.15) is 13.8 Å². The Morgan fingerprint density at radius 1 is 0.958 bits per heavy atom. The minimum atomic E-state index is -3.73. The minimum Gasteiger partial charge on any atom is -0.394 e. The average Bonchev–Trinajstić information content (AvgIpc) is 2.55. The molecule has 7 nitrogen and oxygen atoms in total. The van der Waals surface area contributed by atoms with Crippen molar-refractivity contribution in [3.05, 3.63) is 24.3 Å². The smallest absolute Gasteiger partial charge is 0.277 e. The third-order valence-electron chi connectivity index (χ3n) is 3.83. The number of allylic oxidation sites excluding steroid dienone is 3. The monoisotopic (exact) mass is 364 g/mol. The van der Waals surface area contributed by atoms with Crippen LogP contribution < -0.4 is 0 Å². The topological polar surface area (TPSA) is 91.3 Å². The molecule has 0 amide bonds. The Morgan fingerprint density at radius 2 is 1.50 bits per heavy atom. The molecule has 140 valence electrons. The van der Waals surface area contributed by atoms with Gasteiger partial charge >= 0.3 is 0 Å². The number of ether oxygens (including phenoxy) is 3. The van der Waals surface area contributed by atoms with Gasteiger partial charge in [-0.2, -0.15) is 8.42 Å². The summed E-state index contributed by atoms with van der Waals surface area (Å²) >= 11 is 0. The van der Waals surface area contributed by atoms with Gasteiger partial charge in [0.1, 0.15) is 4.75 Å². The number of aliphatic hydroxyl groups excluding tert-OH is 1. The molecule has 0 bridgehead atoms. The Kier molecular flexibility index (Phi) is 9.72. The maximum Gasteiger partial charge on any atom is 0.277 e. The lowest BCUT2D eigenvalue weighted by molar-refractivity contribution is 0.00376. The van der Waals surface area contributed by atoms with Crippen molar-refractivity contribution in [2.24, 2.45) is 5.92 Å². The van der Waals surface area contributed by atoms with Gasteiger partial charge in [0, 0.05) is 0 Å². The highest BCUT2D eigenvalue weighted by Crippen LogP contribution is 2.33. The van der Waals surface area contributed by atoms with E-state index in [-0.39, 0.29) is 25.7 Å². The van der Waals surface area contributed by atoms with E-state index in [1.54, 1.807) is 19.1 Å². The molecule has 2 atom stereocenters.